The van der Waals surface area contributed by atoms with Crippen LogP contribution in [-0.2, 0) is 0 Å². The minimum Gasteiger partial charge on any atom is -0.336 e. The quantitative estimate of drug-likeness (QED) is 0.716. The fraction of sp³-hybridized carbons (Fsp3) is 0.333. The van der Waals surface area contributed by atoms with Crippen molar-refractivity contribution in [3.8, 4) is 0 Å². The van der Waals surface area contributed by atoms with Gasteiger partial charge in [0.2, 0.25) is 0 Å². The lowest BCUT2D eigenvalue weighted by atomic mass is 10.2. The Morgan fingerprint density at radius 1 is 1.36 bits per heavy atom. The maximum Gasteiger partial charge on any atom is 0.254 e. The van der Waals surface area contributed by atoms with E-state index < -0.39 is 0 Å². The molecule has 1 aromatic rings. The Balaban J connectivity index is 2.84. The van der Waals surface area contributed by atoms with Crippen molar-refractivity contribution in [3.63, 3.8) is 0 Å². The van der Waals surface area contributed by atoms with Crippen molar-refractivity contribution in [2.75, 3.05) is 6.54 Å². The summed E-state index contributed by atoms with van der Waals surface area (Å²) >= 11 is 0. The van der Waals surface area contributed by atoms with Gasteiger partial charge in [0.05, 0.1) is 0 Å². The molecule has 2 nitrogen and oxygen atoms in total. The monoisotopic (exact) mass is 190 g/mol. The van der Waals surface area contributed by atoms with Gasteiger partial charge in [-0.15, -0.1) is 0 Å². The highest BCUT2D eigenvalue weighted by Crippen LogP contribution is 2.07. The Morgan fingerprint density at radius 3 is 2.36 bits per heavy atom. The number of rotatable bonds is 3. The Bertz CT molecular complexity index is 292. The predicted molar refractivity (Wildman–Crippen MR) is 58.0 cm³/mol. The highest BCUT2D eigenvalue weighted by molar-refractivity contribution is 5.94. The van der Waals surface area contributed by atoms with Crippen LogP contribution in [0.2, 0.25) is 0 Å². The van der Waals surface area contributed by atoms with Gasteiger partial charge in [-0.2, -0.15) is 0 Å². The molecule has 0 N–H and O–H groups in total. The summed E-state index contributed by atoms with van der Waals surface area (Å²) in [6.45, 7) is 8.25. The predicted octanol–water partition coefficient (Wildman–Crippen LogP) is 2.37. The van der Waals surface area contributed by atoms with E-state index in [-0.39, 0.29) is 11.9 Å². The van der Waals surface area contributed by atoms with Crippen molar-refractivity contribution in [2.24, 2.45) is 0 Å². The first-order valence-corrected chi connectivity index (χ1v) is 4.82. The molecule has 1 rings (SSSR count). The van der Waals surface area contributed by atoms with Crippen LogP contribution in [0.3, 0.4) is 0 Å². The molecule has 14 heavy (non-hydrogen) atoms. The Hall–Kier alpha value is -1.31. The van der Waals surface area contributed by atoms with Crippen molar-refractivity contribution in [2.45, 2.75) is 19.9 Å². The Kier molecular flexibility index (Phi) is 3.69. The number of hydrogen-bond donors (Lipinski definition) is 0. The summed E-state index contributed by atoms with van der Waals surface area (Å²) in [6, 6.07) is 9.49. The molecule has 2 heteroatoms. The standard InChI is InChI=1S/C12H16NO/c1-4-13(10(2)3)12(14)11-8-6-5-7-9-11/h5-10H,1,4H2,2-3H3. The summed E-state index contributed by atoms with van der Waals surface area (Å²) in [7, 11) is 0. The molecular formula is C12H16NO. The molecule has 0 aliphatic rings. The number of amides is 1. The van der Waals surface area contributed by atoms with Crippen LogP contribution in [0.5, 0.6) is 0 Å². The van der Waals surface area contributed by atoms with Gasteiger partial charge in [0, 0.05) is 18.2 Å². The molecule has 1 aromatic carbocycles. The van der Waals surface area contributed by atoms with Crippen molar-refractivity contribution in [1.29, 1.82) is 0 Å². The summed E-state index contributed by atoms with van der Waals surface area (Å²) in [5.74, 6) is 0.0515. The van der Waals surface area contributed by atoms with Crippen LogP contribution >= 0.6 is 0 Å². The van der Waals surface area contributed by atoms with Gasteiger partial charge < -0.3 is 4.90 Å². The van der Waals surface area contributed by atoms with Gasteiger partial charge in [-0.1, -0.05) is 18.2 Å². The molecule has 0 spiro atoms. The van der Waals surface area contributed by atoms with Crippen molar-refractivity contribution >= 4 is 5.91 Å². The number of hydrogen-bond acceptors (Lipinski definition) is 1. The zero-order chi connectivity index (χ0) is 10.6. The molecule has 0 atom stereocenters. The second kappa shape index (κ2) is 4.80. The van der Waals surface area contributed by atoms with E-state index in [0.29, 0.717) is 6.54 Å². The van der Waals surface area contributed by atoms with Crippen LogP contribution in [0.1, 0.15) is 24.2 Å². The van der Waals surface area contributed by atoms with Crippen LogP contribution in [0.15, 0.2) is 30.3 Å². The zero-order valence-electron chi connectivity index (χ0n) is 8.73. The van der Waals surface area contributed by atoms with Gasteiger partial charge in [0.15, 0.2) is 0 Å². The fourth-order valence-electron chi connectivity index (χ4n) is 1.34. The lowest BCUT2D eigenvalue weighted by molar-refractivity contribution is 0.0727. The molecule has 0 heterocycles. The van der Waals surface area contributed by atoms with Crippen LogP contribution in [0, 0.1) is 6.92 Å². The molecule has 1 amide bonds. The normalized spacial score (nSPS) is 10.3. The maximum absolute atomic E-state index is 11.9. The molecule has 0 unspecified atom stereocenters. The zero-order valence-corrected chi connectivity index (χ0v) is 8.73. The second-order valence-electron chi connectivity index (χ2n) is 3.46. The van der Waals surface area contributed by atoms with Crippen molar-refractivity contribution < 1.29 is 4.79 Å². The third-order valence-corrected chi connectivity index (χ3v) is 2.15. The van der Waals surface area contributed by atoms with Gasteiger partial charge in [-0.3, -0.25) is 4.79 Å². The first-order valence-electron chi connectivity index (χ1n) is 4.82. The molecule has 75 valence electrons. The highest BCUT2D eigenvalue weighted by Gasteiger charge is 2.15. The van der Waals surface area contributed by atoms with E-state index in [2.05, 4.69) is 6.92 Å². The topological polar surface area (TPSA) is 20.3 Å². The van der Waals surface area contributed by atoms with E-state index in [1.54, 1.807) is 4.90 Å². The number of nitrogens with zero attached hydrogens (tertiary/aromatic N) is 1. The van der Waals surface area contributed by atoms with Gasteiger partial charge in [0.1, 0.15) is 0 Å². The average molecular weight is 190 g/mol. The summed E-state index contributed by atoms with van der Waals surface area (Å²) < 4.78 is 0. The third kappa shape index (κ3) is 2.34. The lowest BCUT2D eigenvalue weighted by Gasteiger charge is -2.25. The number of carbonyl (C=O) groups is 1. The molecule has 0 aromatic heterocycles. The summed E-state index contributed by atoms with van der Waals surface area (Å²) in [4.78, 5) is 13.6. The van der Waals surface area contributed by atoms with E-state index in [4.69, 9.17) is 0 Å². The van der Waals surface area contributed by atoms with Gasteiger partial charge in [0.25, 0.3) is 5.91 Å². The number of carbonyl (C=O) groups excluding carboxylic acids is 1. The van der Waals surface area contributed by atoms with Crippen LogP contribution in [0.4, 0.5) is 0 Å². The molecule has 0 fully saturated rings. The molecule has 0 aliphatic carbocycles. The minimum atomic E-state index is 0.0515. The lowest BCUT2D eigenvalue weighted by Crippen LogP contribution is -2.36. The number of benzene rings is 1. The summed E-state index contributed by atoms with van der Waals surface area (Å²) in [6.07, 6.45) is 0. The van der Waals surface area contributed by atoms with E-state index in [1.165, 1.54) is 0 Å². The Morgan fingerprint density at radius 2 is 1.93 bits per heavy atom. The Labute approximate surface area is 85.5 Å². The molecule has 0 aliphatic heterocycles. The maximum atomic E-state index is 11.9. The van der Waals surface area contributed by atoms with Crippen LogP contribution < -0.4 is 0 Å². The van der Waals surface area contributed by atoms with Crippen molar-refractivity contribution in [3.05, 3.63) is 42.8 Å². The average Bonchev–Trinajstić information content (AvgIpc) is 2.19. The molecular weight excluding hydrogens is 174 g/mol. The highest BCUT2D eigenvalue weighted by atomic mass is 16.2. The smallest absolute Gasteiger partial charge is 0.254 e. The SMILES string of the molecule is [CH2]CN(C(=O)c1ccccc1)C(C)C. The molecule has 0 bridgehead atoms. The van der Waals surface area contributed by atoms with Crippen LogP contribution in [-0.4, -0.2) is 23.4 Å². The molecule has 0 saturated carbocycles. The second-order valence-corrected chi connectivity index (χ2v) is 3.46. The van der Waals surface area contributed by atoms with E-state index in [1.807, 2.05) is 44.2 Å². The molecule has 0 saturated heterocycles. The van der Waals surface area contributed by atoms with E-state index >= 15 is 0 Å². The van der Waals surface area contributed by atoms with E-state index in [0.717, 1.165) is 5.56 Å². The van der Waals surface area contributed by atoms with Crippen LogP contribution in [0.25, 0.3) is 0 Å². The summed E-state index contributed by atoms with van der Waals surface area (Å²) in [5, 5.41) is 0. The van der Waals surface area contributed by atoms with Gasteiger partial charge in [-0.05, 0) is 32.9 Å². The first kappa shape index (κ1) is 10.8. The third-order valence-electron chi connectivity index (χ3n) is 2.15. The minimum absolute atomic E-state index is 0.0515. The largest absolute Gasteiger partial charge is 0.336 e. The van der Waals surface area contributed by atoms with Gasteiger partial charge in [-0.25, -0.2) is 0 Å². The van der Waals surface area contributed by atoms with Gasteiger partial charge >= 0.3 is 0 Å². The van der Waals surface area contributed by atoms with E-state index in [9.17, 15) is 4.79 Å². The fourth-order valence-corrected chi connectivity index (χ4v) is 1.34. The van der Waals surface area contributed by atoms with Crippen molar-refractivity contribution in [1.82, 2.24) is 4.90 Å². The first-order chi connectivity index (χ1) is 6.66. The summed E-state index contributed by atoms with van der Waals surface area (Å²) in [5.41, 5.74) is 0.727. The molecule has 1 radical (unpaired) electrons.